The number of benzene rings is 3. The second-order valence-electron chi connectivity index (χ2n) is 7.85. The molecule has 0 aromatic heterocycles. The topological polar surface area (TPSA) is 64.8 Å². The van der Waals surface area contributed by atoms with Crippen LogP contribution in [0.25, 0.3) is 10.8 Å². The molecule has 0 spiro atoms. The molecule has 170 valence electrons. The first kappa shape index (κ1) is 23.9. The van der Waals surface area contributed by atoms with Crippen molar-refractivity contribution in [2.45, 2.75) is 39.0 Å². The largest absolute Gasteiger partial charge is 0.351 e. The predicted octanol–water partition coefficient (Wildman–Crippen LogP) is 4.18. The summed E-state index contributed by atoms with van der Waals surface area (Å²) in [6, 6.07) is 24.0. The Balaban J connectivity index is 1.71. The molecule has 1 amide bonds. The van der Waals surface area contributed by atoms with Gasteiger partial charge in [-0.1, -0.05) is 72.8 Å². The average molecular weight is 435 g/mol. The first-order valence-electron chi connectivity index (χ1n) is 11.4. The predicted molar refractivity (Wildman–Crippen MR) is 129 cm³/mol. The molecule has 5 nitrogen and oxygen atoms in total. The quantitative estimate of drug-likeness (QED) is 0.434. The number of carbonyl (C=O) groups is 1. The molecular formula is C27H34N2O3. The third kappa shape index (κ3) is 6.89. The zero-order chi connectivity index (χ0) is 22.8. The van der Waals surface area contributed by atoms with Crippen LogP contribution in [-0.2, 0) is 27.1 Å². The summed E-state index contributed by atoms with van der Waals surface area (Å²) in [5, 5.41) is 2.33. The monoisotopic (exact) mass is 434 g/mol. The van der Waals surface area contributed by atoms with Crippen LogP contribution in [0.5, 0.6) is 0 Å². The highest BCUT2D eigenvalue weighted by atomic mass is 16.7. The van der Waals surface area contributed by atoms with Crippen LogP contribution in [0.15, 0.2) is 72.8 Å². The minimum absolute atomic E-state index is 0.0847. The minimum atomic E-state index is -0.629. The summed E-state index contributed by atoms with van der Waals surface area (Å²) in [7, 11) is 0. The van der Waals surface area contributed by atoms with Crippen molar-refractivity contribution in [1.82, 2.24) is 4.90 Å². The third-order valence-electron chi connectivity index (χ3n) is 5.49. The van der Waals surface area contributed by atoms with E-state index in [1.54, 1.807) is 4.90 Å². The molecule has 0 heterocycles. The van der Waals surface area contributed by atoms with Crippen LogP contribution in [-0.4, -0.2) is 49.4 Å². The van der Waals surface area contributed by atoms with E-state index in [1.165, 1.54) is 10.9 Å². The van der Waals surface area contributed by atoms with E-state index >= 15 is 0 Å². The van der Waals surface area contributed by atoms with E-state index in [1.807, 2.05) is 50.2 Å². The van der Waals surface area contributed by atoms with Gasteiger partial charge in [-0.05, 0) is 48.6 Å². The van der Waals surface area contributed by atoms with Crippen LogP contribution in [0.1, 0.15) is 25.0 Å². The Bertz CT molecular complexity index is 971. The molecule has 0 unspecified atom stereocenters. The van der Waals surface area contributed by atoms with Gasteiger partial charge in [-0.3, -0.25) is 4.79 Å². The number of hydrogen-bond acceptors (Lipinski definition) is 4. The van der Waals surface area contributed by atoms with Gasteiger partial charge in [0.05, 0.1) is 12.6 Å². The van der Waals surface area contributed by atoms with Crippen molar-refractivity contribution >= 4 is 16.7 Å². The van der Waals surface area contributed by atoms with Gasteiger partial charge in [0.2, 0.25) is 5.91 Å². The number of hydrogen-bond donors (Lipinski definition) is 1. The normalized spacial score (nSPS) is 12.2. The average Bonchev–Trinajstić information content (AvgIpc) is 2.82. The van der Waals surface area contributed by atoms with Gasteiger partial charge >= 0.3 is 0 Å². The lowest BCUT2D eigenvalue weighted by Crippen LogP contribution is -2.49. The van der Waals surface area contributed by atoms with E-state index in [9.17, 15) is 4.79 Å². The smallest absolute Gasteiger partial charge is 0.240 e. The number of fused-ring (bicyclic) bond motifs is 1. The van der Waals surface area contributed by atoms with E-state index in [4.69, 9.17) is 15.2 Å². The van der Waals surface area contributed by atoms with Gasteiger partial charge in [0.1, 0.15) is 0 Å². The molecule has 0 fully saturated rings. The van der Waals surface area contributed by atoms with Crippen molar-refractivity contribution in [2.24, 2.45) is 5.73 Å². The molecule has 32 heavy (non-hydrogen) atoms. The van der Waals surface area contributed by atoms with Crippen molar-refractivity contribution in [2.75, 3.05) is 26.3 Å². The van der Waals surface area contributed by atoms with Crippen molar-refractivity contribution in [3.8, 4) is 0 Å². The first-order chi connectivity index (χ1) is 15.6. The third-order valence-corrected chi connectivity index (χ3v) is 5.49. The lowest BCUT2D eigenvalue weighted by molar-refractivity contribution is -0.159. The van der Waals surface area contributed by atoms with Crippen LogP contribution in [0.2, 0.25) is 0 Å². The Hall–Kier alpha value is -2.73. The molecule has 0 bridgehead atoms. The van der Waals surface area contributed by atoms with Gasteiger partial charge in [-0.25, -0.2) is 0 Å². The lowest BCUT2D eigenvalue weighted by Gasteiger charge is -2.29. The van der Waals surface area contributed by atoms with E-state index in [2.05, 4.69) is 36.4 Å². The number of rotatable bonds is 12. The summed E-state index contributed by atoms with van der Waals surface area (Å²) >= 11 is 0. The molecule has 3 aromatic rings. The Morgan fingerprint density at radius 3 is 2.22 bits per heavy atom. The Kier molecular flexibility index (Phi) is 9.23. The number of nitrogens with two attached hydrogens (primary N) is 1. The van der Waals surface area contributed by atoms with Gasteiger partial charge < -0.3 is 20.1 Å². The molecule has 0 saturated heterocycles. The second-order valence-corrected chi connectivity index (χ2v) is 7.85. The van der Waals surface area contributed by atoms with Crippen molar-refractivity contribution in [3.05, 3.63) is 83.9 Å². The summed E-state index contributed by atoms with van der Waals surface area (Å²) in [5.74, 6) is -0.0847. The van der Waals surface area contributed by atoms with Crippen LogP contribution < -0.4 is 5.73 Å². The molecule has 0 aliphatic heterocycles. The molecule has 3 aromatic carbocycles. The lowest BCUT2D eigenvalue weighted by atomic mass is 10.0. The molecule has 0 aliphatic rings. The SMILES string of the molecule is CCOC(CN(CCc1ccccc1)C(=O)[C@@H](N)Cc1ccc2ccccc2c1)OCC. The highest BCUT2D eigenvalue weighted by Gasteiger charge is 2.24. The van der Waals surface area contributed by atoms with Crippen LogP contribution in [0, 0.1) is 0 Å². The molecule has 0 saturated carbocycles. The Labute approximate surface area is 191 Å². The number of carbonyl (C=O) groups excluding carboxylic acids is 1. The highest BCUT2D eigenvalue weighted by Crippen LogP contribution is 2.17. The van der Waals surface area contributed by atoms with E-state index < -0.39 is 12.3 Å². The van der Waals surface area contributed by atoms with E-state index in [0.29, 0.717) is 32.7 Å². The zero-order valence-corrected chi connectivity index (χ0v) is 19.1. The maximum absolute atomic E-state index is 13.4. The Morgan fingerprint density at radius 1 is 0.875 bits per heavy atom. The summed E-state index contributed by atoms with van der Waals surface area (Å²) in [6.07, 6.45) is 0.775. The van der Waals surface area contributed by atoms with Crippen molar-refractivity contribution in [1.29, 1.82) is 0 Å². The van der Waals surface area contributed by atoms with Crippen LogP contribution in [0.4, 0.5) is 0 Å². The van der Waals surface area contributed by atoms with Gasteiger partial charge in [0.25, 0.3) is 0 Å². The number of ether oxygens (including phenoxy) is 2. The minimum Gasteiger partial charge on any atom is -0.351 e. The van der Waals surface area contributed by atoms with E-state index in [-0.39, 0.29) is 5.91 Å². The first-order valence-corrected chi connectivity index (χ1v) is 11.4. The van der Waals surface area contributed by atoms with Crippen LogP contribution in [0.3, 0.4) is 0 Å². The van der Waals surface area contributed by atoms with Crippen LogP contribution >= 0.6 is 0 Å². The zero-order valence-electron chi connectivity index (χ0n) is 19.1. The van der Waals surface area contributed by atoms with Gasteiger partial charge in [0.15, 0.2) is 6.29 Å². The molecule has 2 N–H and O–H groups in total. The van der Waals surface area contributed by atoms with Crippen molar-refractivity contribution < 1.29 is 14.3 Å². The fraction of sp³-hybridized carbons (Fsp3) is 0.370. The highest BCUT2D eigenvalue weighted by molar-refractivity contribution is 5.84. The summed E-state index contributed by atoms with van der Waals surface area (Å²) in [5.41, 5.74) is 8.65. The maximum Gasteiger partial charge on any atom is 0.240 e. The number of amides is 1. The van der Waals surface area contributed by atoms with Gasteiger partial charge in [0, 0.05) is 19.8 Å². The summed E-state index contributed by atoms with van der Waals surface area (Å²) < 4.78 is 11.4. The molecular weight excluding hydrogens is 400 g/mol. The maximum atomic E-state index is 13.4. The van der Waals surface area contributed by atoms with Gasteiger partial charge in [-0.15, -0.1) is 0 Å². The van der Waals surface area contributed by atoms with E-state index in [0.717, 1.165) is 17.4 Å². The fourth-order valence-electron chi connectivity index (χ4n) is 3.85. The standard InChI is InChI=1S/C27H34N2O3/c1-3-31-26(32-4-2)20-29(17-16-21-10-6-5-7-11-21)27(30)25(28)19-22-14-15-23-12-8-9-13-24(23)18-22/h5-15,18,25-26H,3-4,16-17,19-20,28H2,1-2H3/t25-/m0/s1. The van der Waals surface area contributed by atoms with Crippen molar-refractivity contribution in [3.63, 3.8) is 0 Å². The molecule has 0 radical (unpaired) electrons. The summed E-state index contributed by atoms with van der Waals surface area (Å²) in [6.45, 7) is 5.81. The molecule has 3 rings (SSSR count). The molecule has 5 heteroatoms. The fourth-order valence-corrected chi connectivity index (χ4v) is 3.85. The molecule has 0 aliphatic carbocycles. The number of nitrogens with zero attached hydrogens (tertiary/aromatic N) is 1. The summed E-state index contributed by atoms with van der Waals surface area (Å²) in [4.78, 5) is 15.2. The second kappa shape index (κ2) is 12.3. The Morgan fingerprint density at radius 2 is 1.53 bits per heavy atom. The molecule has 1 atom stereocenters. The van der Waals surface area contributed by atoms with Gasteiger partial charge in [-0.2, -0.15) is 0 Å².